The molecule has 3 N–H and O–H groups in total. The molecule has 8 nitrogen and oxygen atoms in total. The summed E-state index contributed by atoms with van der Waals surface area (Å²) < 4.78 is 2.03. The molecule has 0 amide bonds. The molecular formula is C26H35N7O. The maximum absolute atomic E-state index is 9.58. The molecule has 2 heterocycles. The number of aromatic nitrogens is 4. The Morgan fingerprint density at radius 3 is 2.65 bits per heavy atom. The van der Waals surface area contributed by atoms with E-state index >= 15 is 0 Å². The van der Waals surface area contributed by atoms with Gasteiger partial charge in [0.15, 0.2) is 17.0 Å². The third-order valence-electron chi connectivity index (χ3n) is 5.53. The van der Waals surface area contributed by atoms with Gasteiger partial charge in [-0.2, -0.15) is 9.97 Å². The molecule has 0 aliphatic heterocycles. The number of nitrogens with zero attached hydrogens (tertiary/aromatic N) is 5. The Morgan fingerprint density at radius 2 is 2.00 bits per heavy atom. The molecular weight excluding hydrogens is 426 g/mol. The number of aliphatic hydroxyl groups is 1. The van der Waals surface area contributed by atoms with Crippen molar-refractivity contribution >= 4 is 34.8 Å². The second-order valence-electron chi connectivity index (χ2n) is 8.37. The van der Waals surface area contributed by atoms with Crippen LogP contribution in [0.2, 0.25) is 0 Å². The number of aliphatic hydroxyl groups excluding tert-OH is 1. The Labute approximate surface area is 201 Å². The summed E-state index contributed by atoms with van der Waals surface area (Å²) in [7, 11) is 0. The smallest absolute Gasteiger partial charge is 0.227 e. The number of benzene rings is 1. The van der Waals surface area contributed by atoms with Crippen LogP contribution in [0.4, 0.5) is 11.8 Å². The van der Waals surface area contributed by atoms with Crippen molar-refractivity contribution in [2.45, 2.75) is 52.6 Å². The number of rotatable bonds is 12. The molecule has 0 aliphatic carbocycles. The van der Waals surface area contributed by atoms with Crippen molar-refractivity contribution in [3.63, 3.8) is 0 Å². The molecule has 180 valence electrons. The van der Waals surface area contributed by atoms with E-state index in [2.05, 4.69) is 63.1 Å². The van der Waals surface area contributed by atoms with Gasteiger partial charge in [-0.25, -0.2) is 4.98 Å². The summed E-state index contributed by atoms with van der Waals surface area (Å²) in [6.07, 6.45) is 8.95. The van der Waals surface area contributed by atoms with Gasteiger partial charge < -0.3 is 20.3 Å². The van der Waals surface area contributed by atoms with Gasteiger partial charge >= 0.3 is 0 Å². The van der Waals surface area contributed by atoms with Crippen molar-refractivity contribution < 1.29 is 5.11 Å². The Bertz CT molecular complexity index is 1140. The summed E-state index contributed by atoms with van der Waals surface area (Å²) in [4.78, 5) is 18.2. The van der Waals surface area contributed by atoms with Crippen molar-refractivity contribution in [2.75, 3.05) is 23.8 Å². The van der Waals surface area contributed by atoms with Crippen LogP contribution in [-0.2, 0) is 6.42 Å². The number of allylic oxidation sites excluding steroid dienone is 2. The van der Waals surface area contributed by atoms with Gasteiger partial charge in [0.1, 0.15) is 0 Å². The van der Waals surface area contributed by atoms with Crippen LogP contribution in [-0.4, -0.2) is 50.0 Å². The minimum Gasteiger partial charge on any atom is -0.394 e. The van der Waals surface area contributed by atoms with Crippen molar-refractivity contribution in [3.05, 3.63) is 60.5 Å². The van der Waals surface area contributed by atoms with Gasteiger partial charge in [-0.05, 0) is 50.8 Å². The van der Waals surface area contributed by atoms with Crippen LogP contribution in [0.1, 0.15) is 51.3 Å². The Morgan fingerprint density at radius 1 is 1.24 bits per heavy atom. The van der Waals surface area contributed by atoms with Crippen LogP contribution >= 0.6 is 0 Å². The van der Waals surface area contributed by atoms with Crippen molar-refractivity contribution in [3.8, 4) is 0 Å². The van der Waals surface area contributed by atoms with Crippen LogP contribution in [0.25, 0.3) is 16.9 Å². The van der Waals surface area contributed by atoms with Gasteiger partial charge in [0.2, 0.25) is 5.95 Å². The van der Waals surface area contributed by atoms with Gasteiger partial charge in [0.25, 0.3) is 0 Å². The lowest BCUT2D eigenvalue weighted by atomic mass is 10.1. The van der Waals surface area contributed by atoms with Crippen molar-refractivity contribution in [1.82, 2.24) is 19.5 Å². The monoisotopic (exact) mass is 461 g/mol. The topological polar surface area (TPSA) is 100 Å². The summed E-state index contributed by atoms with van der Waals surface area (Å²) in [6, 6.07) is 8.39. The first-order valence-corrected chi connectivity index (χ1v) is 11.8. The second kappa shape index (κ2) is 12.1. The molecule has 1 atom stereocenters. The predicted molar refractivity (Wildman–Crippen MR) is 141 cm³/mol. The molecule has 1 aromatic carbocycles. The van der Waals surface area contributed by atoms with E-state index in [9.17, 15) is 5.11 Å². The number of nitrogens with one attached hydrogen (secondary N) is 2. The Hall–Kier alpha value is -3.52. The van der Waals surface area contributed by atoms with E-state index in [0.717, 1.165) is 35.3 Å². The molecule has 0 fully saturated rings. The first-order valence-electron chi connectivity index (χ1n) is 11.8. The lowest BCUT2D eigenvalue weighted by Crippen LogP contribution is -2.24. The highest BCUT2D eigenvalue weighted by Crippen LogP contribution is 2.24. The number of hydrogen-bond donors (Lipinski definition) is 3. The van der Waals surface area contributed by atoms with Crippen LogP contribution in [0, 0.1) is 0 Å². The number of hydrogen-bond acceptors (Lipinski definition) is 7. The van der Waals surface area contributed by atoms with Crippen molar-refractivity contribution in [1.29, 1.82) is 0 Å². The first-order chi connectivity index (χ1) is 16.5. The molecule has 0 saturated heterocycles. The molecule has 34 heavy (non-hydrogen) atoms. The lowest BCUT2D eigenvalue weighted by Gasteiger charge is -2.16. The predicted octanol–water partition coefficient (Wildman–Crippen LogP) is 4.86. The maximum atomic E-state index is 9.58. The van der Waals surface area contributed by atoms with E-state index in [1.807, 2.05) is 42.7 Å². The fraction of sp³-hybridized carbons (Fsp3) is 0.385. The van der Waals surface area contributed by atoms with E-state index in [0.29, 0.717) is 18.3 Å². The van der Waals surface area contributed by atoms with E-state index in [4.69, 9.17) is 0 Å². The average Bonchev–Trinajstić information content (AvgIpc) is 3.27. The van der Waals surface area contributed by atoms with Crippen LogP contribution in [0.5, 0.6) is 0 Å². The molecule has 0 saturated carbocycles. The minimum atomic E-state index is -0.101. The van der Waals surface area contributed by atoms with E-state index in [1.165, 1.54) is 5.56 Å². The van der Waals surface area contributed by atoms with E-state index < -0.39 is 0 Å². The highest BCUT2D eigenvalue weighted by atomic mass is 16.3. The highest BCUT2D eigenvalue weighted by molar-refractivity contribution is 5.84. The molecule has 8 heteroatoms. The largest absolute Gasteiger partial charge is 0.394 e. The van der Waals surface area contributed by atoms with Gasteiger partial charge in [-0.1, -0.05) is 43.8 Å². The summed E-state index contributed by atoms with van der Waals surface area (Å²) in [6.45, 7) is 12.9. The quantitative estimate of drug-likeness (QED) is 0.333. The normalized spacial score (nSPS) is 12.8. The molecule has 3 aromatic rings. The Balaban J connectivity index is 1.73. The molecule has 0 spiro atoms. The zero-order chi connectivity index (χ0) is 24.5. The van der Waals surface area contributed by atoms with Crippen LogP contribution in [0.3, 0.4) is 0 Å². The van der Waals surface area contributed by atoms with Crippen molar-refractivity contribution in [2.24, 2.45) is 4.99 Å². The average molecular weight is 462 g/mol. The van der Waals surface area contributed by atoms with E-state index in [1.54, 1.807) is 12.5 Å². The summed E-state index contributed by atoms with van der Waals surface area (Å²) in [5.41, 5.74) is 4.44. The molecule has 0 unspecified atom stereocenters. The molecule has 2 aromatic heterocycles. The number of anilines is 2. The zero-order valence-electron chi connectivity index (χ0n) is 20.5. The highest BCUT2D eigenvalue weighted by Gasteiger charge is 2.16. The first kappa shape index (κ1) is 25.1. The fourth-order valence-electron chi connectivity index (χ4n) is 3.42. The van der Waals surface area contributed by atoms with Gasteiger partial charge in [0, 0.05) is 18.8 Å². The van der Waals surface area contributed by atoms with Crippen LogP contribution < -0.4 is 10.6 Å². The number of aliphatic imine (C=N–C) groups is 1. The van der Waals surface area contributed by atoms with Gasteiger partial charge in [-0.15, -0.1) is 0 Å². The maximum Gasteiger partial charge on any atom is 0.227 e. The zero-order valence-corrected chi connectivity index (χ0v) is 20.5. The second-order valence-corrected chi connectivity index (χ2v) is 8.37. The van der Waals surface area contributed by atoms with Gasteiger partial charge in [0.05, 0.1) is 24.7 Å². The summed E-state index contributed by atoms with van der Waals surface area (Å²) in [5.74, 6) is 1.17. The fourth-order valence-corrected chi connectivity index (χ4v) is 3.42. The third kappa shape index (κ3) is 6.29. The Kier molecular flexibility index (Phi) is 8.93. The molecule has 0 aliphatic rings. The third-order valence-corrected chi connectivity index (χ3v) is 5.53. The number of imidazole rings is 1. The molecule has 0 radical (unpaired) electrons. The SMILES string of the molecule is C=C(N=C/C=C\C)c1ccc(CCNc2nc(N[C@@H](CC)CO)nc3c2ncn3C(C)C)cc1. The van der Waals surface area contributed by atoms with Gasteiger partial charge in [-0.3, -0.25) is 4.99 Å². The summed E-state index contributed by atoms with van der Waals surface area (Å²) >= 11 is 0. The summed E-state index contributed by atoms with van der Waals surface area (Å²) in [5, 5.41) is 16.2. The molecule has 3 rings (SSSR count). The standard InChI is InChI=1S/C26H35N7O/c1-6-8-14-27-19(5)21-11-9-20(10-12-21)13-15-28-24-23-25(33(17-29-23)18(3)4)32-26(31-24)30-22(7-2)16-34/h6,8-12,14,17-18,22,34H,5,7,13,15-16H2,1-4H3,(H2,28,30,31,32)/b8-6-,27-14?/t22-/m0/s1. The molecule has 0 bridgehead atoms. The van der Waals surface area contributed by atoms with E-state index in [-0.39, 0.29) is 18.7 Å². The minimum absolute atomic E-state index is 0.0210. The number of fused-ring (bicyclic) bond motifs is 1. The lowest BCUT2D eigenvalue weighted by molar-refractivity contribution is 0.271. The van der Waals surface area contributed by atoms with Crippen LogP contribution in [0.15, 0.2) is 54.3 Å².